The summed E-state index contributed by atoms with van der Waals surface area (Å²) in [5, 5.41) is 18.2. The molecule has 0 radical (unpaired) electrons. The number of hydrogen-bond acceptors (Lipinski definition) is 7. The van der Waals surface area contributed by atoms with Crippen molar-refractivity contribution < 1.29 is 14.7 Å². The molecule has 0 saturated carbocycles. The van der Waals surface area contributed by atoms with E-state index in [9.17, 15) is 9.59 Å². The molecule has 0 spiro atoms. The molecule has 0 aliphatic heterocycles. The summed E-state index contributed by atoms with van der Waals surface area (Å²) in [6, 6.07) is 5.15. The molecule has 0 fully saturated rings. The average Bonchev–Trinajstić information content (AvgIpc) is 2.77. The second kappa shape index (κ2) is 26.1. The first-order valence-corrected chi connectivity index (χ1v) is 10.3. The van der Waals surface area contributed by atoms with E-state index in [1.54, 1.807) is 38.2 Å². The van der Waals surface area contributed by atoms with Crippen LogP contribution in [0, 0.1) is 0 Å². The summed E-state index contributed by atoms with van der Waals surface area (Å²) >= 11 is 0. The Morgan fingerprint density at radius 1 is 0.970 bits per heavy atom. The highest BCUT2D eigenvalue weighted by atomic mass is 16.4. The molecule has 10 N–H and O–H groups in total. The highest BCUT2D eigenvalue weighted by Crippen LogP contribution is 1.93. The topological polar surface area (TPSA) is 208 Å². The Morgan fingerprint density at radius 2 is 1.45 bits per heavy atom. The summed E-state index contributed by atoms with van der Waals surface area (Å²) in [6.45, 7) is 18.1. The van der Waals surface area contributed by atoms with Gasteiger partial charge in [0.1, 0.15) is 11.5 Å². The normalized spacial score (nSPS) is 9.52. The Kier molecular flexibility index (Phi) is 28.9. The van der Waals surface area contributed by atoms with E-state index in [4.69, 9.17) is 28.0 Å². The Hall–Kier alpha value is -3.89. The van der Waals surface area contributed by atoms with Gasteiger partial charge < -0.3 is 33.4 Å². The van der Waals surface area contributed by atoms with Crippen molar-refractivity contribution >= 4 is 23.5 Å². The number of aliphatic carboxylic acids is 1. The summed E-state index contributed by atoms with van der Waals surface area (Å²) in [5.74, 6) is -1.34. The molecule has 11 heteroatoms. The molecular weight excluding hydrogens is 424 g/mol. The number of nitrogens with two attached hydrogens (primary N) is 4. The molecule has 188 valence electrons. The predicted octanol–water partition coefficient (Wildman–Crippen LogP) is 2.05. The van der Waals surface area contributed by atoms with Crippen molar-refractivity contribution in [3.63, 3.8) is 0 Å². The van der Waals surface area contributed by atoms with Crippen LogP contribution in [-0.2, 0) is 9.59 Å². The molecule has 1 aromatic heterocycles. The number of nitrogens with one attached hydrogen (secondary N) is 1. The molecule has 0 bridgehead atoms. The Balaban J connectivity index is -0.000000293. The van der Waals surface area contributed by atoms with Gasteiger partial charge in [0, 0.05) is 12.6 Å². The molecule has 1 amide bonds. The van der Waals surface area contributed by atoms with Crippen LogP contribution in [0.15, 0.2) is 59.2 Å². The van der Waals surface area contributed by atoms with Gasteiger partial charge in [-0.1, -0.05) is 46.9 Å². The highest BCUT2D eigenvalue weighted by molar-refractivity contribution is 5.96. The zero-order valence-electron chi connectivity index (χ0n) is 20.8. The number of nitrogens with zero attached hydrogens (tertiary/aromatic N) is 3. The molecule has 0 saturated heterocycles. The fraction of sp³-hybridized carbons (Fsp3) is 0.409. The van der Waals surface area contributed by atoms with Crippen LogP contribution >= 0.6 is 0 Å². The van der Waals surface area contributed by atoms with Crippen molar-refractivity contribution in [1.29, 1.82) is 0 Å². The van der Waals surface area contributed by atoms with Crippen LogP contribution in [0.4, 0.5) is 0 Å². The third-order valence-corrected chi connectivity index (χ3v) is 2.25. The molecule has 0 atom stereocenters. The number of aromatic nitrogens is 1. The molecule has 1 rings (SSSR count). The van der Waals surface area contributed by atoms with E-state index in [-0.39, 0.29) is 31.1 Å². The van der Waals surface area contributed by atoms with Gasteiger partial charge in [-0.05, 0) is 37.4 Å². The first-order chi connectivity index (χ1) is 15.5. The van der Waals surface area contributed by atoms with E-state index in [0.717, 1.165) is 0 Å². The van der Waals surface area contributed by atoms with E-state index in [1.165, 1.54) is 0 Å². The SMILES string of the molecule is C=C(C)N.C=C(C)N.CC.CC.N/C(CNC(=O)CCC(=O)O)=N\N=C(/N)c1ccccn1. The minimum atomic E-state index is -1.04. The van der Waals surface area contributed by atoms with Gasteiger partial charge in [0.05, 0.1) is 13.0 Å². The summed E-state index contributed by atoms with van der Waals surface area (Å²) in [7, 11) is 0. The van der Waals surface area contributed by atoms with E-state index in [0.29, 0.717) is 17.1 Å². The molecule has 0 unspecified atom stereocenters. The number of pyridine rings is 1. The van der Waals surface area contributed by atoms with Crippen LogP contribution in [-0.4, -0.2) is 40.2 Å². The zero-order chi connectivity index (χ0) is 26.8. The minimum absolute atomic E-state index is 0.0394. The van der Waals surface area contributed by atoms with Gasteiger partial charge in [-0.25, -0.2) is 0 Å². The molecular formula is C22H42N8O3. The van der Waals surface area contributed by atoms with Crippen LogP contribution in [0.2, 0.25) is 0 Å². The lowest BCUT2D eigenvalue weighted by Crippen LogP contribution is -2.33. The number of hydrogen-bond donors (Lipinski definition) is 6. The first kappa shape index (κ1) is 36.5. The number of rotatable bonds is 7. The van der Waals surface area contributed by atoms with E-state index in [1.807, 2.05) is 27.7 Å². The number of carboxylic acids is 1. The lowest BCUT2D eigenvalue weighted by atomic mass is 10.3. The van der Waals surface area contributed by atoms with Gasteiger partial charge in [0.2, 0.25) is 5.91 Å². The average molecular weight is 467 g/mol. The largest absolute Gasteiger partial charge is 0.481 e. The van der Waals surface area contributed by atoms with Gasteiger partial charge in [-0.15, -0.1) is 10.2 Å². The zero-order valence-corrected chi connectivity index (χ0v) is 20.8. The Morgan fingerprint density at radius 3 is 1.85 bits per heavy atom. The fourth-order valence-corrected chi connectivity index (χ4v) is 1.22. The van der Waals surface area contributed by atoms with Crippen molar-refractivity contribution in [3.05, 3.63) is 54.6 Å². The standard InChI is InChI=1S/C12H16N6O3.2C3H7N.2C2H6/c13-9(7-16-10(19)4-5-11(20)21)17-18-12(14)8-3-1-2-6-15-8;2*1-3(2)4;2*1-2/h1-3,6H,4-5,7H2,(H2,13,17)(H2,14,18)(H,16,19)(H,20,21);2*1,4H2,2H3;2*1-2H3. The van der Waals surface area contributed by atoms with Crippen molar-refractivity contribution in [2.45, 2.75) is 54.4 Å². The second-order valence-electron chi connectivity index (χ2n) is 5.65. The number of carbonyl (C=O) groups is 2. The van der Waals surface area contributed by atoms with Gasteiger partial charge in [0.25, 0.3) is 0 Å². The highest BCUT2D eigenvalue weighted by Gasteiger charge is 2.05. The van der Waals surface area contributed by atoms with Crippen LogP contribution in [0.1, 0.15) is 60.1 Å². The van der Waals surface area contributed by atoms with E-state index >= 15 is 0 Å². The predicted molar refractivity (Wildman–Crippen MR) is 137 cm³/mol. The van der Waals surface area contributed by atoms with Crippen LogP contribution in [0.3, 0.4) is 0 Å². The fourth-order valence-electron chi connectivity index (χ4n) is 1.22. The van der Waals surface area contributed by atoms with Gasteiger partial charge in [-0.2, -0.15) is 0 Å². The molecule has 11 nitrogen and oxygen atoms in total. The smallest absolute Gasteiger partial charge is 0.303 e. The van der Waals surface area contributed by atoms with Crippen molar-refractivity contribution in [2.24, 2.45) is 33.1 Å². The van der Waals surface area contributed by atoms with E-state index in [2.05, 4.69) is 33.7 Å². The quantitative estimate of drug-likeness (QED) is 0.198. The van der Waals surface area contributed by atoms with Crippen LogP contribution in [0.5, 0.6) is 0 Å². The molecule has 33 heavy (non-hydrogen) atoms. The maximum Gasteiger partial charge on any atom is 0.303 e. The second-order valence-corrected chi connectivity index (χ2v) is 5.65. The first-order valence-electron chi connectivity index (χ1n) is 10.3. The number of amidine groups is 2. The monoisotopic (exact) mass is 466 g/mol. The molecule has 0 aliphatic carbocycles. The Labute approximate surface area is 197 Å². The van der Waals surface area contributed by atoms with E-state index < -0.39 is 11.9 Å². The van der Waals surface area contributed by atoms with Crippen LogP contribution < -0.4 is 28.3 Å². The lowest BCUT2D eigenvalue weighted by Gasteiger charge is -2.02. The number of allylic oxidation sites excluding steroid dienone is 2. The molecule has 0 aliphatic rings. The van der Waals surface area contributed by atoms with Gasteiger partial charge >= 0.3 is 5.97 Å². The van der Waals surface area contributed by atoms with Gasteiger partial charge in [-0.3, -0.25) is 14.6 Å². The minimum Gasteiger partial charge on any atom is -0.481 e. The molecule has 1 aromatic rings. The summed E-state index contributed by atoms with van der Waals surface area (Å²) in [4.78, 5) is 25.5. The Bertz CT molecular complexity index is 712. The number of carbonyl (C=O) groups excluding carboxylic acids is 1. The lowest BCUT2D eigenvalue weighted by molar-refractivity contribution is -0.138. The third kappa shape index (κ3) is 35.9. The van der Waals surface area contributed by atoms with Crippen molar-refractivity contribution in [1.82, 2.24) is 10.3 Å². The maximum atomic E-state index is 11.3. The summed E-state index contributed by atoms with van der Waals surface area (Å²) < 4.78 is 0. The number of amides is 1. The van der Waals surface area contributed by atoms with Crippen LogP contribution in [0.25, 0.3) is 0 Å². The molecule has 0 aromatic carbocycles. The summed E-state index contributed by atoms with van der Waals surface area (Å²) in [5.41, 5.74) is 22.8. The number of carboxylic acid groups (broad SMARTS) is 1. The maximum absolute atomic E-state index is 11.3. The van der Waals surface area contributed by atoms with Crippen molar-refractivity contribution in [2.75, 3.05) is 6.54 Å². The van der Waals surface area contributed by atoms with Gasteiger partial charge in [0.15, 0.2) is 5.84 Å². The molecule has 1 heterocycles. The summed E-state index contributed by atoms with van der Waals surface area (Å²) in [6.07, 6.45) is 1.20. The third-order valence-electron chi connectivity index (χ3n) is 2.25. The van der Waals surface area contributed by atoms with Crippen molar-refractivity contribution in [3.8, 4) is 0 Å².